The number of halogens is 1. The average Bonchev–Trinajstić information content (AvgIpc) is 2.53. The Morgan fingerprint density at radius 1 is 1.15 bits per heavy atom. The molecular weight excluding hydrogens is 228 g/mol. The molecular formula is C10H8BrN2. The molecule has 0 N–H and O–H groups in total. The van der Waals surface area contributed by atoms with Crippen molar-refractivity contribution < 1.29 is 0 Å². The molecule has 2 aliphatic rings. The van der Waals surface area contributed by atoms with Crippen LogP contribution in [0.1, 0.15) is 6.92 Å². The monoisotopic (exact) mass is 235 g/mol. The number of hydrogen-bond donors (Lipinski definition) is 0. The van der Waals surface area contributed by atoms with Crippen LogP contribution in [0.2, 0.25) is 0 Å². The minimum absolute atomic E-state index is 0.903. The maximum atomic E-state index is 4.02. The van der Waals surface area contributed by atoms with Gasteiger partial charge in [0.15, 0.2) is 0 Å². The first-order valence-electron chi connectivity index (χ1n) is 3.98. The fraction of sp³-hybridized carbons (Fsp3) is 0.100. The van der Waals surface area contributed by atoms with Gasteiger partial charge in [-0.1, -0.05) is 31.2 Å². The second-order valence-electron chi connectivity index (χ2n) is 2.91. The van der Waals surface area contributed by atoms with Crippen molar-refractivity contribution in [2.75, 3.05) is 0 Å². The Morgan fingerprint density at radius 3 is 2.38 bits per heavy atom. The summed E-state index contributed by atoms with van der Waals surface area (Å²) in [6.45, 7) is 2.06. The molecule has 0 spiro atoms. The number of rotatable bonds is 0. The molecule has 2 nitrogen and oxygen atoms in total. The van der Waals surface area contributed by atoms with Gasteiger partial charge in [-0.15, -0.1) is 5.11 Å². The predicted molar refractivity (Wildman–Crippen MR) is 56.1 cm³/mol. The second-order valence-corrected chi connectivity index (χ2v) is 3.76. The lowest BCUT2D eigenvalue weighted by atomic mass is 10.0. The Balaban J connectivity index is 2.37. The smallest absolute Gasteiger partial charge is 0.109 e. The molecule has 0 unspecified atom stereocenters. The van der Waals surface area contributed by atoms with Crippen LogP contribution in [-0.4, -0.2) is 0 Å². The minimum atomic E-state index is 0.903. The van der Waals surface area contributed by atoms with Gasteiger partial charge in [0.25, 0.3) is 0 Å². The molecule has 3 heteroatoms. The molecule has 0 bridgehead atoms. The summed E-state index contributed by atoms with van der Waals surface area (Å²) in [5, 5.41) is 7.84. The standard InChI is InChI=1S/C10H8BrN2/c1-7-2-4-8(5-3-7)10-9(11)6-12-13-10/h2-6H,1H3. The Bertz CT molecular complexity index is 356. The molecule has 0 amide bonds. The minimum Gasteiger partial charge on any atom is -0.157 e. The van der Waals surface area contributed by atoms with E-state index in [9.17, 15) is 0 Å². The Hall–Kier alpha value is -0.960. The van der Waals surface area contributed by atoms with Crippen molar-refractivity contribution in [1.82, 2.24) is 0 Å². The zero-order valence-corrected chi connectivity index (χ0v) is 8.75. The van der Waals surface area contributed by atoms with Crippen LogP contribution < -0.4 is 0 Å². The van der Waals surface area contributed by atoms with Gasteiger partial charge in [-0.25, -0.2) is 0 Å². The zero-order valence-electron chi connectivity index (χ0n) is 7.16. The van der Waals surface area contributed by atoms with Gasteiger partial charge in [-0.05, 0) is 15.9 Å². The molecule has 0 saturated heterocycles. The van der Waals surface area contributed by atoms with Crippen molar-refractivity contribution in [2.24, 2.45) is 10.2 Å². The van der Waals surface area contributed by atoms with E-state index in [0.29, 0.717) is 0 Å². The van der Waals surface area contributed by atoms with E-state index in [1.165, 1.54) is 5.92 Å². The zero-order chi connectivity index (χ0) is 9.26. The molecule has 0 atom stereocenters. The van der Waals surface area contributed by atoms with E-state index in [1.54, 1.807) is 6.20 Å². The van der Waals surface area contributed by atoms with Crippen LogP contribution in [0.4, 0.5) is 0 Å². The van der Waals surface area contributed by atoms with Crippen molar-refractivity contribution >= 4 is 15.9 Å². The van der Waals surface area contributed by atoms with E-state index in [2.05, 4.69) is 45.2 Å². The van der Waals surface area contributed by atoms with Crippen LogP contribution in [-0.2, 0) is 0 Å². The molecule has 0 aromatic carbocycles. The van der Waals surface area contributed by atoms with Crippen LogP contribution >= 0.6 is 15.9 Å². The first-order valence-corrected chi connectivity index (χ1v) is 4.77. The predicted octanol–water partition coefficient (Wildman–Crippen LogP) is 3.66. The summed E-state index contributed by atoms with van der Waals surface area (Å²) in [6.07, 6.45) is 9.93. The molecule has 65 valence electrons. The molecule has 0 fully saturated rings. The summed E-state index contributed by atoms with van der Waals surface area (Å²) in [6, 6.07) is 0. The first kappa shape index (κ1) is 8.63. The van der Waals surface area contributed by atoms with Gasteiger partial charge < -0.3 is 0 Å². The Morgan fingerprint density at radius 2 is 1.85 bits per heavy atom. The lowest BCUT2D eigenvalue weighted by Crippen LogP contribution is -1.90. The van der Waals surface area contributed by atoms with Crippen molar-refractivity contribution in [3.8, 4) is 0 Å². The number of hydrogen-bond acceptors (Lipinski definition) is 2. The van der Waals surface area contributed by atoms with Crippen LogP contribution in [0.3, 0.4) is 0 Å². The summed E-state index contributed by atoms with van der Waals surface area (Å²) >= 11 is 3.40. The fourth-order valence-corrected chi connectivity index (χ4v) is 1.55. The van der Waals surface area contributed by atoms with E-state index >= 15 is 0 Å². The van der Waals surface area contributed by atoms with Gasteiger partial charge in [0.05, 0.1) is 10.7 Å². The third-order valence-electron chi connectivity index (χ3n) is 1.88. The third kappa shape index (κ3) is 1.70. The summed E-state index contributed by atoms with van der Waals surface area (Å²) in [5.74, 6) is 1.25. The lowest BCUT2D eigenvalue weighted by Gasteiger charge is -2.06. The van der Waals surface area contributed by atoms with Crippen molar-refractivity contribution in [1.29, 1.82) is 0 Å². The summed E-state index contributed by atoms with van der Waals surface area (Å²) in [7, 11) is 0. The van der Waals surface area contributed by atoms with E-state index in [-0.39, 0.29) is 0 Å². The van der Waals surface area contributed by atoms with Gasteiger partial charge in [0, 0.05) is 11.5 Å². The number of azo groups is 1. The SMILES string of the molecule is C[C]1C=CC(=C2N=NC=C2Br)C=C1. The second kappa shape index (κ2) is 3.42. The molecule has 2 rings (SSSR count). The van der Waals surface area contributed by atoms with Crippen LogP contribution in [0, 0.1) is 5.92 Å². The van der Waals surface area contributed by atoms with Gasteiger partial charge in [-0.2, -0.15) is 5.11 Å². The largest absolute Gasteiger partial charge is 0.157 e. The maximum absolute atomic E-state index is 4.02. The van der Waals surface area contributed by atoms with E-state index in [4.69, 9.17) is 0 Å². The summed E-state index contributed by atoms with van der Waals surface area (Å²) in [4.78, 5) is 0. The molecule has 0 saturated carbocycles. The first-order chi connectivity index (χ1) is 6.27. The van der Waals surface area contributed by atoms with Gasteiger partial charge >= 0.3 is 0 Å². The van der Waals surface area contributed by atoms with Crippen molar-refractivity contribution in [3.63, 3.8) is 0 Å². The normalized spacial score (nSPS) is 21.5. The van der Waals surface area contributed by atoms with Crippen molar-refractivity contribution in [3.05, 3.63) is 52.2 Å². The molecule has 1 aliphatic heterocycles. The highest BCUT2D eigenvalue weighted by atomic mass is 79.9. The molecule has 13 heavy (non-hydrogen) atoms. The quantitative estimate of drug-likeness (QED) is 0.613. The number of allylic oxidation sites excluding steroid dienone is 6. The Kier molecular flexibility index (Phi) is 2.27. The van der Waals surface area contributed by atoms with E-state index in [1.807, 2.05) is 12.2 Å². The average molecular weight is 236 g/mol. The maximum Gasteiger partial charge on any atom is 0.109 e. The third-order valence-corrected chi connectivity index (χ3v) is 2.46. The topological polar surface area (TPSA) is 24.7 Å². The van der Waals surface area contributed by atoms with Crippen LogP contribution in [0.15, 0.2) is 56.5 Å². The Labute approximate surface area is 85.6 Å². The van der Waals surface area contributed by atoms with Gasteiger partial charge in [0.1, 0.15) is 5.70 Å². The van der Waals surface area contributed by atoms with Crippen LogP contribution in [0.5, 0.6) is 0 Å². The highest BCUT2D eigenvalue weighted by Crippen LogP contribution is 2.30. The van der Waals surface area contributed by atoms with Crippen molar-refractivity contribution in [2.45, 2.75) is 6.92 Å². The highest BCUT2D eigenvalue weighted by molar-refractivity contribution is 9.12. The lowest BCUT2D eigenvalue weighted by molar-refractivity contribution is 1.20. The van der Waals surface area contributed by atoms with Gasteiger partial charge in [0.2, 0.25) is 0 Å². The number of nitrogens with zero attached hydrogens (tertiary/aromatic N) is 2. The van der Waals surface area contributed by atoms with Crippen LogP contribution in [0.25, 0.3) is 0 Å². The highest BCUT2D eigenvalue weighted by Gasteiger charge is 2.11. The van der Waals surface area contributed by atoms with E-state index in [0.717, 1.165) is 15.8 Å². The molecule has 0 aromatic heterocycles. The molecule has 1 aliphatic carbocycles. The summed E-state index contributed by atoms with van der Waals surface area (Å²) in [5.41, 5.74) is 2.00. The fourth-order valence-electron chi connectivity index (χ4n) is 1.15. The molecule has 1 radical (unpaired) electrons. The molecule has 1 heterocycles. The van der Waals surface area contributed by atoms with Gasteiger partial charge in [-0.3, -0.25) is 0 Å². The summed E-state index contributed by atoms with van der Waals surface area (Å²) < 4.78 is 0.941. The van der Waals surface area contributed by atoms with E-state index < -0.39 is 0 Å². The molecule has 0 aromatic rings.